The van der Waals surface area contributed by atoms with Gasteiger partial charge in [0.15, 0.2) is 0 Å². The van der Waals surface area contributed by atoms with Crippen LogP contribution in [-0.2, 0) is 16.0 Å². The molecule has 1 unspecified atom stereocenters. The number of likely N-dealkylation sites (N-methyl/N-ethyl adjacent to an activating group) is 1. The smallest absolute Gasteiger partial charge is 0.242 e. The lowest BCUT2D eigenvalue weighted by molar-refractivity contribution is -0.142. The lowest BCUT2D eigenvalue weighted by atomic mass is 9.95. The SMILES string of the molecule is CN(CC(=O)N1CCNCC1)C(=O)C1COc2ccccc2C1. The highest BCUT2D eigenvalue weighted by Crippen LogP contribution is 2.27. The summed E-state index contributed by atoms with van der Waals surface area (Å²) in [4.78, 5) is 28.2. The van der Waals surface area contributed by atoms with Crippen LogP contribution in [0.15, 0.2) is 24.3 Å². The lowest BCUT2D eigenvalue weighted by Crippen LogP contribution is -2.50. The van der Waals surface area contributed by atoms with Gasteiger partial charge >= 0.3 is 0 Å². The van der Waals surface area contributed by atoms with Crippen LogP contribution in [-0.4, -0.2) is 68.0 Å². The number of rotatable bonds is 3. The Morgan fingerprint density at radius 3 is 2.83 bits per heavy atom. The van der Waals surface area contributed by atoms with Gasteiger partial charge in [0.2, 0.25) is 11.8 Å². The summed E-state index contributed by atoms with van der Waals surface area (Å²) >= 11 is 0. The van der Waals surface area contributed by atoms with Crippen LogP contribution in [0.5, 0.6) is 5.75 Å². The molecule has 2 aliphatic rings. The Balaban J connectivity index is 1.56. The molecule has 124 valence electrons. The second kappa shape index (κ2) is 7.00. The second-order valence-corrected chi connectivity index (χ2v) is 6.14. The fourth-order valence-electron chi connectivity index (χ4n) is 3.09. The average molecular weight is 317 g/mol. The van der Waals surface area contributed by atoms with Gasteiger partial charge in [0.25, 0.3) is 0 Å². The standard InChI is InChI=1S/C17H23N3O3/c1-19(11-16(21)20-8-6-18-7-9-20)17(22)14-10-13-4-2-3-5-15(13)23-12-14/h2-5,14,18H,6-12H2,1H3. The van der Waals surface area contributed by atoms with E-state index < -0.39 is 0 Å². The van der Waals surface area contributed by atoms with Crippen molar-refractivity contribution in [2.45, 2.75) is 6.42 Å². The first-order valence-corrected chi connectivity index (χ1v) is 8.09. The maximum atomic E-state index is 12.6. The van der Waals surface area contributed by atoms with E-state index in [9.17, 15) is 9.59 Å². The molecule has 0 saturated carbocycles. The van der Waals surface area contributed by atoms with Crippen LogP contribution in [0.4, 0.5) is 0 Å². The number of fused-ring (bicyclic) bond motifs is 1. The molecule has 1 aromatic rings. The van der Waals surface area contributed by atoms with Crippen molar-refractivity contribution in [1.29, 1.82) is 0 Å². The molecule has 1 atom stereocenters. The van der Waals surface area contributed by atoms with Crippen LogP contribution in [0, 0.1) is 5.92 Å². The van der Waals surface area contributed by atoms with Gasteiger partial charge in [-0.25, -0.2) is 0 Å². The number of carbonyl (C=O) groups excluding carboxylic acids is 2. The van der Waals surface area contributed by atoms with Gasteiger partial charge in [0, 0.05) is 33.2 Å². The number of nitrogens with one attached hydrogen (secondary N) is 1. The lowest BCUT2D eigenvalue weighted by Gasteiger charge is -2.31. The van der Waals surface area contributed by atoms with Crippen molar-refractivity contribution in [2.75, 3.05) is 46.4 Å². The van der Waals surface area contributed by atoms with Crippen LogP contribution < -0.4 is 10.1 Å². The van der Waals surface area contributed by atoms with Gasteiger partial charge < -0.3 is 19.9 Å². The molecule has 6 heteroatoms. The van der Waals surface area contributed by atoms with E-state index in [1.54, 1.807) is 7.05 Å². The van der Waals surface area contributed by atoms with Gasteiger partial charge in [-0.05, 0) is 18.1 Å². The Bertz CT molecular complexity index is 584. The monoisotopic (exact) mass is 317 g/mol. The van der Waals surface area contributed by atoms with Gasteiger partial charge in [0.1, 0.15) is 12.4 Å². The number of para-hydroxylation sites is 1. The molecule has 3 rings (SSSR count). The highest BCUT2D eigenvalue weighted by molar-refractivity contribution is 5.86. The Morgan fingerprint density at radius 1 is 1.30 bits per heavy atom. The molecule has 2 heterocycles. The van der Waals surface area contributed by atoms with Crippen molar-refractivity contribution in [2.24, 2.45) is 5.92 Å². The minimum Gasteiger partial charge on any atom is -0.492 e. The second-order valence-electron chi connectivity index (χ2n) is 6.14. The summed E-state index contributed by atoms with van der Waals surface area (Å²) < 4.78 is 5.68. The van der Waals surface area contributed by atoms with E-state index in [0.717, 1.165) is 24.4 Å². The molecule has 0 aromatic heterocycles. The summed E-state index contributed by atoms with van der Waals surface area (Å²) in [7, 11) is 1.70. The first-order chi connectivity index (χ1) is 11.1. The Morgan fingerprint density at radius 2 is 2.04 bits per heavy atom. The van der Waals surface area contributed by atoms with E-state index in [1.165, 1.54) is 4.90 Å². The van der Waals surface area contributed by atoms with E-state index in [-0.39, 0.29) is 24.3 Å². The van der Waals surface area contributed by atoms with E-state index in [1.807, 2.05) is 29.2 Å². The third-order valence-electron chi connectivity index (χ3n) is 4.45. The van der Waals surface area contributed by atoms with Crippen LogP contribution in [0.3, 0.4) is 0 Å². The molecule has 2 aliphatic heterocycles. The summed E-state index contributed by atoms with van der Waals surface area (Å²) in [6, 6.07) is 7.79. The molecule has 1 saturated heterocycles. The van der Waals surface area contributed by atoms with Gasteiger partial charge in [-0.1, -0.05) is 18.2 Å². The molecular formula is C17H23N3O3. The Kier molecular flexibility index (Phi) is 4.81. The van der Waals surface area contributed by atoms with Gasteiger partial charge in [-0.3, -0.25) is 9.59 Å². The van der Waals surface area contributed by atoms with Crippen molar-refractivity contribution in [3.8, 4) is 5.75 Å². The number of amides is 2. The summed E-state index contributed by atoms with van der Waals surface area (Å²) in [6.07, 6.45) is 0.668. The number of piperazine rings is 1. The zero-order valence-electron chi connectivity index (χ0n) is 13.5. The van der Waals surface area contributed by atoms with Gasteiger partial charge in [-0.2, -0.15) is 0 Å². The Labute approximate surface area is 136 Å². The molecule has 0 radical (unpaired) electrons. The molecular weight excluding hydrogens is 294 g/mol. The van der Waals surface area contributed by atoms with Crippen LogP contribution in [0.1, 0.15) is 5.56 Å². The normalized spacial score (nSPS) is 20.4. The van der Waals surface area contributed by atoms with Gasteiger partial charge in [0.05, 0.1) is 12.5 Å². The maximum absolute atomic E-state index is 12.6. The maximum Gasteiger partial charge on any atom is 0.242 e. The predicted octanol–water partition coefficient (Wildman–Crippen LogP) is 0.128. The number of hydrogen-bond donors (Lipinski definition) is 1. The van der Waals surface area contributed by atoms with E-state index in [4.69, 9.17) is 4.74 Å². The van der Waals surface area contributed by atoms with Crippen LogP contribution in [0.25, 0.3) is 0 Å². The zero-order valence-corrected chi connectivity index (χ0v) is 13.5. The molecule has 0 spiro atoms. The predicted molar refractivity (Wildman–Crippen MR) is 86.2 cm³/mol. The van der Waals surface area contributed by atoms with Crippen molar-refractivity contribution < 1.29 is 14.3 Å². The van der Waals surface area contributed by atoms with Crippen molar-refractivity contribution in [3.63, 3.8) is 0 Å². The third kappa shape index (κ3) is 3.64. The van der Waals surface area contributed by atoms with E-state index in [0.29, 0.717) is 26.1 Å². The van der Waals surface area contributed by atoms with E-state index >= 15 is 0 Å². The molecule has 1 N–H and O–H groups in total. The fourth-order valence-corrected chi connectivity index (χ4v) is 3.09. The molecule has 1 aromatic carbocycles. The summed E-state index contributed by atoms with van der Waals surface area (Å²) in [5.41, 5.74) is 1.05. The molecule has 6 nitrogen and oxygen atoms in total. The topological polar surface area (TPSA) is 61.9 Å². The Hall–Kier alpha value is -2.08. The quantitative estimate of drug-likeness (QED) is 0.861. The summed E-state index contributed by atoms with van der Waals surface area (Å²) in [6.45, 7) is 3.56. The molecule has 0 bridgehead atoms. The molecule has 23 heavy (non-hydrogen) atoms. The van der Waals surface area contributed by atoms with Crippen molar-refractivity contribution in [3.05, 3.63) is 29.8 Å². The van der Waals surface area contributed by atoms with Gasteiger partial charge in [-0.15, -0.1) is 0 Å². The summed E-state index contributed by atoms with van der Waals surface area (Å²) in [5, 5.41) is 3.22. The number of ether oxygens (including phenoxy) is 1. The minimum absolute atomic E-state index is 0.0134. The number of hydrogen-bond acceptors (Lipinski definition) is 4. The highest BCUT2D eigenvalue weighted by Gasteiger charge is 2.29. The van der Waals surface area contributed by atoms with Crippen LogP contribution >= 0.6 is 0 Å². The largest absolute Gasteiger partial charge is 0.492 e. The third-order valence-corrected chi connectivity index (χ3v) is 4.45. The fraction of sp³-hybridized carbons (Fsp3) is 0.529. The van der Waals surface area contributed by atoms with E-state index in [2.05, 4.69) is 5.32 Å². The van der Waals surface area contributed by atoms with Crippen LogP contribution in [0.2, 0.25) is 0 Å². The molecule has 0 aliphatic carbocycles. The molecule has 1 fully saturated rings. The number of carbonyl (C=O) groups is 2. The first kappa shape index (κ1) is 15.8. The highest BCUT2D eigenvalue weighted by atomic mass is 16.5. The average Bonchev–Trinajstić information content (AvgIpc) is 2.61. The van der Waals surface area contributed by atoms with Crippen molar-refractivity contribution >= 4 is 11.8 Å². The number of nitrogens with zero attached hydrogens (tertiary/aromatic N) is 2. The molecule has 2 amide bonds. The first-order valence-electron chi connectivity index (χ1n) is 8.09. The summed E-state index contributed by atoms with van der Waals surface area (Å²) in [5.74, 6) is 0.629. The zero-order chi connectivity index (χ0) is 16.2. The minimum atomic E-state index is -0.217. The number of benzene rings is 1. The van der Waals surface area contributed by atoms with Crippen molar-refractivity contribution in [1.82, 2.24) is 15.1 Å².